The van der Waals surface area contributed by atoms with E-state index >= 15 is 0 Å². The maximum atomic E-state index is 5.93. The van der Waals surface area contributed by atoms with Gasteiger partial charge in [0.1, 0.15) is 0 Å². The van der Waals surface area contributed by atoms with Crippen molar-refractivity contribution < 1.29 is 4.74 Å². The zero-order valence-corrected chi connectivity index (χ0v) is 10.8. The Hall–Kier alpha value is -0.930. The number of pyridine rings is 1. The largest absolute Gasteiger partial charge is 0.373 e. The van der Waals surface area contributed by atoms with Crippen LogP contribution in [0.15, 0.2) is 18.3 Å². The Labute approximate surface area is 104 Å². The van der Waals surface area contributed by atoms with E-state index in [0.717, 1.165) is 25.4 Å². The minimum absolute atomic E-state index is 0.218. The van der Waals surface area contributed by atoms with Crippen LogP contribution in [0.5, 0.6) is 0 Å². The Balaban J connectivity index is 2.07. The van der Waals surface area contributed by atoms with E-state index in [9.17, 15) is 0 Å². The molecule has 2 heterocycles. The van der Waals surface area contributed by atoms with Crippen LogP contribution in [0.3, 0.4) is 0 Å². The molecule has 0 aliphatic carbocycles. The van der Waals surface area contributed by atoms with Gasteiger partial charge in [0.05, 0.1) is 6.10 Å². The highest BCUT2D eigenvalue weighted by molar-refractivity contribution is 5.17. The van der Waals surface area contributed by atoms with Crippen molar-refractivity contribution in [1.29, 1.82) is 0 Å². The monoisotopic (exact) mass is 234 g/mol. The lowest BCUT2D eigenvalue weighted by Crippen LogP contribution is -2.31. The Morgan fingerprint density at radius 1 is 1.47 bits per heavy atom. The number of rotatable bonds is 4. The predicted molar refractivity (Wildman–Crippen MR) is 68.9 cm³/mol. The molecule has 3 nitrogen and oxygen atoms in total. The van der Waals surface area contributed by atoms with Gasteiger partial charge in [0.2, 0.25) is 0 Å². The molecule has 1 aromatic heterocycles. The van der Waals surface area contributed by atoms with Crippen molar-refractivity contribution in [3.05, 3.63) is 29.6 Å². The van der Waals surface area contributed by atoms with E-state index in [-0.39, 0.29) is 6.10 Å². The van der Waals surface area contributed by atoms with E-state index < -0.39 is 0 Å². The van der Waals surface area contributed by atoms with Gasteiger partial charge in [0, 0.05) is 31.0 Å². The first-order valence-corrected chi connectivity index (χ1v) is 6.56. The smallest absolute Gasteiger partial charge is 0.0880 e. The summed E-state index contributed by atoms with van der Waals surface area (Å²) in [6, 6.07) is 4.22. The van der Waals surface area contributed by atoms with Crippen LogP contribution in [-0.2, 0) is 4.74 Å². The van der Waals surface area contributed by atoms with E-state index in [2.05, 4.69) is 29.4 Å². The Bertz CT molecular complexity index is 337. The van der Waals surface area contributed by atoms with Gasteiger partial charge in [0.15, 0.2) is 0 Å². The molecule has 2 unspecified atom stereocenters. The summed E-state index contributed by atoms with van der Waals surface area (Å²) in [6.07, 6.45) is 4.60. The average molecular weight is 234 g/mol. The van der Waals surface area contributed by atoms with E-state index in [1.54, 1.807) is 0 Å². The van der Waals surface area contributed by atoms with Crippen molar-refractivity contribution in [3.8, 4) is 0 Å². The second kappa shape index (κ2) is 6.12. The van der Waals surface area contributed by atoms with Gasteiger partial charge in [-0.2, -0.15) is 0 Å². The van der Waals surface area contributed by atoms with Gasteiger partial charge in [-0.05, 0) is 37.9 Å². The summed E-state index contributed by atoms with van der Waals surface area (Å²) >= 11 is 0. The summed E-state index contributed by atoms with van der Waals surface area (Å²) in [7, 11) is 0. The first-order valence-electron chi connectivity index (χ1n) is 6.56. The number of nitrogens with one attached hydrogen (secondary N) is 1. The molecular formula is C14H22N2O. The summed E-state index contributed by atoms with van der Waals surface area (Å²) in [4.78, 5) is 4.37. The zero-order chi connectivity index (χ0) is 12.1. The third-order valence-electron chi connectivity index (χ3n) is 3.36. The zero-order valence-electron chi connectivity index (χ0n) is 10.8. The molecule has 0 radical (unpaired) electrons. The molecule has 1 N–H and O–H groups in total. The first-order chi connectivity index (χ1) is 8.31. The van der Waals surface area contributed by atoms with Crippen molar-refractivity contribution in [3.63, 3.8) is 0 Å². The van der Waals surface area contributed by atoms with Crippen LogP contribution < -0.4 is 5.32 Å². The molecule has 1 saturated heterocycles. The summed E-state index contributed by atoms with van der Waals surface area (Å²) < 4.78 is 5.93. The lowest BCUT2D eigenvalue weighted by molar-refractivity contribution is -0.0278. The average Bonchev–Trinajstić information content (AvgIpc) is 2.38. The van der Waals surface area contributed by atoms with Gasteiger partial charge in [-0.3, -0.25) is 4.98 Å². The van der Waals surface area contributed by atoms with Crippen LogP contribution in [0.2, 0.25) is 0 Å². The second-order valence-corrected chi connectivity index (χ2v) is 4.73. The van der Waals surface area contributed by atoms with Crippen LogP contribution in [0.4, 0.5) is 0 Å². The molecule has 2 rings (SSSR count). The van der Waals surface area contributed by atoms with Gasteiger partial charge in [-0.1, -0.05) is 13.0 Å². The predicted octanol–water partition coefficient (Wildman–Crippen LogP) is 2.47. The molecule has 1 fully saturated rings. The fourth-order valence-electron chi connectivity index (χ4n) is 2.40. The number of aromatic nitrogens is 1. The Morgan fingerprint density at radius 2 is 2.35 bits per heavy atom. The number of hydrogen-bond acceptors (Lipinski definition) is 3. The van der Waals surface area contributed by atoms with Crippen LogP contribution in [0, 0.1) is 12.8 Å². The van der Waals surface area contributed by atoms with Crippen molar-refractivity contribution >= 4 is 0 Å². The van der Waals surface area contributed by atoms with Crippen molar-refractivity contribution in [2.75, 3.05) is 19.7 Å². The number of nitrogens with zero attached hydrogens (tertiary/aromatic N) is 1. The molecule has 2 atom stereocenters. The summed E-state index contributed by atoms with van der Waals surface area (Å²) in [5.41, 5.74) is 2.28. The standard InChI is InChI=1S/C14H22N2O/c1-3-15-9-12-5-4-8-17-14(12)13-7-6-11(2)16-10-13/h6-7,10,12,14-15H,3-5,8-9H2,1-2H3. The van der Waals surface area contributed by atoms with Gasteiger partial charge >= 0.3 is 0 Å². The SMILES string of the molecule is CCNCC1CCCOC1c1ccc(C)nc1. The molecule has 0 bridgehead atoms. The molecule has 17 heavy (non-hydrogen) atoms. The van der Waals surface area contributed by atoms with Crippen LogP contribution in [-0.4, -0.2) is 24.7 Å². The minimum Gasteiger partial charge on any atom is -0.373 e. The summed E-state index contributed by atoms with van der Waals surface area (Å²) in [5.74, 6) is 0.577. The molecule has 0 aromatic carbocycles. The Kier molecular flexibility index (Phi) is 4.51. The van der Waals surface area contributed by atoms with Crippen LogP contribution >= 0.6 is 0 Å². The van der Waals surface area contributed by atoms with E-state index in [1.807, 2.05) is 13.1 Å². The van der Waals surface area contributed by atoms with Crippen molar-refractivity contribution in [1.82, 2.24) is 10.3 Å². The molecule has 0 amide bonds. The number of ether oxygens (including phenoxy) is 1. The van der Waals surface area contributed by atoms with Crippen LogP contribution in [0.25, 0.3) is 0 Å². The topological polar surface area (TPSA) is 34.1 Å². The van der Waals surface area contributed by atoms with Crippen LogP contribution in [0.1, 0.15) is 37.1 Å². The van der Waals surface area contributed by atoms with E-state index in [0.29, 0.717) is 5.92 Å². The molecular weight excluding hydrogens is 212 g/mol. The molecule has 0 spiro atoms. The highest BCUT2D eigenvalue weighted by Gasteiger charge is 2.27. The number of hydrogen-bond donors (Lipinski definition) is 1. The third-order valence-corrected chi connectivity index (χ3v) is 3.36. The maximum Gasteiger partial charge on any atom is 0.0880 e. The molecule has 3 heteroatoms. The lowest BCUT2D eigenvalue weighted by Gasteiger charge is -2.32. The molecule has 94 valence electrons. The molecule has 1 aliphatic heterocycles. The Morgan fingerprint density at radius 3 is 3.06 bits per heavy atom. The quantitative estimate of drug-likeness (QED) is 0.869. The molecule has 1 aliphatic rings. The van der Waals surface area contributed by atoms with E-state index in [4.69, 9.17) is 4.74 Å². The van der Waals surface area contributed by atoms with Crippen molar-refractivity contribution in [2.24, 2.45) is 5.92 Å². The van der Waals surface area contributed by atoms with Crippen molar-refractivity contribution in [2.45, 2.75) is 32.8 Å². The van der Waals surface area contributed by atoms with Gasteiger partial charge in [-0.25, -0.2) is 0 Å². The van der Waals surface area contributed by atoms with Gasteiger partial charge in [0.25, 0.3) is 0 Å². The summed E-state index contributed by atoms with van der Waals surface area (Å²) in [5, 5.41) is 3.43. The fraction of sp³-hybridized carbons (Fsp3) is 0.643. The molecule has 1 aromatic rings. The number of aryl methyl sites for hydroxylation is 1. The maximum absolute atomic E-state index is 5.93. The van der Waals surface area contributed by atoms with E-state index in [1.165, 1.54) is 18.4 Å². The second-order valence-electron chi connectivity index (χ2n) is 4.73. The third kappa shape index (κ3) is 3.27. The normalized spacial score (nSPS) is 24.8. The molecule has 0 saturated carbocycles. The summed E-state index contributed by atoms with van der Waals surface area (Å²) in [6.45, 7) is 7.10. The van der Waals surface area contributed by atoms with Gasteiger partial charge < -0.3 is 10.1 Å². The lowest BCUT2D eigenvalue weighted by atomic mass is 9.90. The van der Waals surface area contributed by atoms with Gasteiger partial charge in [-0.15, -0.1) is 0 Å². The highest BCUT2D eigenvalue weighted by atomic mass is 16.5. The fourth-order valence-corrected chi connectivity index (χ4v) is 2.40. The first kappa shape index (κ1) is 12.5. The minimum atomic E-state index is 0.218. The highest BCUT2D eigenvalue weighted by Crippen LogP contribution is 2.32.